The number of nitro groups is 1. The van der Waals surface area contributed by atoms with Crippen molar-refractivity contribution < 1.29 is 14.5 Å². The predicted molar refractivity (Wildman–Crippen MR) is 83.1 cm³/mol. The Morgan fingerprint density at radius 2 is 1.78 bits per heavy atom. The molecule has 0 bridgehead atoms. The Bertz CT molecular complexity index is 759. The molecular formula is C16H13N3O4. The van der Waals surface area contributed by atoms with Crippen LogP contribution in [0.2, 0.25) is 0 Å². The maximum Gasteiger partial charge on any atom is 0.269 e. The standard InChI is InChI=1S/C16H13N3O4/c20-15(11-6-8-13(9-7-11)19(22)23)17-14-10-18(16(14)21)12-4-2-1-3-5-12/h1-9,14H,10H2,(H,17,20)/t14-/m0/s1. The van der Waals surface area contributed by atoms with E-state index in [1.54, 1.807) is 4.90 Å². The van der Waals surface area contributed by atoms with Crippen LogP contribution in [0.25, 0.3) is 0 Å². The number of carbonyl (C=O) groups excluding carboxylic acids is 2. The lowest BCUT2D eigenvalue weighted by molar-refractivity contribution is -0.384. The van der Waals surface area contributed by atoms with Gasteiger partial charge in [0.2, 0.25) is 0 Å². The van der Waals surface area contributed by atoms with E-state index < -0.39 is 16.9 Å². The van der Waals surface area contributed by atoms with Gasteiger partial charge in [-0.2, -0.15) is 0 Å². The number of anilines is 1. The van der Waals surface area contributed by atoms with Crippen LogP contribution >= 0.6 is 0 Å². The van der Waals surface area contributed by atoms with Crippen molar-refractivity contribution in [2.24, 2.45) is 0 Å². The number of amides is 2. The number of nitrogens with zero attached hydrogens (tertiary/aromatic N) is 2. The summed E-state index contributed by atoms with van der Waals surface area (Å²) >= 11 is 0. The zero-order chi connectivity index (χ0) is 16.4. The number of hydrogen-bond donors (Lipinski definition) is 1. The second kappa shape index (κ2) is 5.88. The molecule has 2 aromatic rings. The lowest BCUT2D eigenvalue weighted by Crippen LogP contribution is -2.64. The monoisotopic (exact) mass is 311 g/mol. The van der Waals surface area contributed by atoms with Crippen molar-refractivity contribution in [2.75, 3.05) is 11.4 Å². The van der Waals surface area contributed by atoms with Gasteiger partial charge in [-0.3, -0.25) is 19.7 Å². The zero-order valence-corrected chi connectivity index (χ0v) is 12.0. The van der Waals surface area contributed by atoms with Crippen LogP contribution in [0, 0.1) is 10.1 Å². The molecule has 1 fully saturated rings. The van der Waals surface area contributed by atoms with Crippen LogP contribution in [-0.4, -0.2) is 29.3 Å². The molecule has 7 heteroatoms. The molecule has 23 heavy (non-hydrogen) atoms. The topological polar surface area (TPSA) is 92.6 Å². The number of β-lactam (4-membered cyclic amide) rings is 1. The van der Waals surface area contributed by atoms with E-state index in [2.05, 4.69) is 5.32 Å². The molecule has 1 saturated heterocycles. The normalized spacial score (nSPS) is 16.6. The van der Waals surface area contributed by atoms with Crippen molar-refractivity contribution in [1.29, 1.82) is 0 Å². The van der Waals surface area contributed by atoms with Crippen LogP contribution < -0.4 is 10.2 Å². The first-order chi connectivity index (χ1) is 11.1. The summed E-state index contributed by atoms with van der Waals surface area (Å²) in [5.74, 6) is -0.600. The summed E-state index contributed by atoms with van der Waals surface area (Å²) in [4.78, 5) is 35.8. The van der Waals surface area contributed by atoms with Gasteiger partial charge >= 0.3 is 0 Å². The predicted octanol–water partition coefficient (Wildman–Crippen LogP) is 1.74. The number of benzene rings is 2. The number of hydrogen-bond acceptors (Lipinski definition) is 4. The minimum Gasteiger partial charge on any atom is -0.339 e. The maximum absolute atomic E-state index is 12.1. The van der Waals surface area contributed by atoms with Gasteiger partial charge in [0.25, 0.3) is 17.5 Å². The molecule has 1 heterocycles. The van der Waals surface area contributed by atoms with Gasteiger partial charge in [0.05, 0.1) is 11.5 Å². The van der Waals surface area contributed by atoms with Crippen LogP contribution in [0.4, 0.5) is 11.4 Å². The Labute approximate surface area is 131 Å². The SMILES string of the molecule is O=C(N[C@H]1CN(c2ccccc2)C1=O)c1ccc([N+](=O)[O-])cc1. The highest BCUT2D eigenvalue weighted by Crippen LogP contribution is 2.22. The third-order valence-electron chi connectivity index (χ3n) is 3.64. The molecule has 0 aliphatic carbocycles. The first kappa shape index (κ1) is 14.7. The zero-order valence-electron chi connectivity index (χ0n) is 12.0. The van der Waals surface area contributed by atoms with Gasteiger partial charge in [-0.05, 0) is 24.3 Å². The van der Waals surface area contributed by atoms with E-state index in [1.165, 1.54) is 24.3 Å². The Morgan fingerprint density at radius 1 is 1.13 bits per heavy atom. The van der Waals surface area contributed by atoms with E-state index in [0.29, 0.717) is 6.54 Å². The van der Waals surface area contributed by atoms with E-state index in [0.717, 1.165) is 5.69 Å². The smallest absolute Gasteiger partial charge is 0.269 e. The highest BCUT2D eigenvalue weighted by atomic mass is 16.6. The number of carbonyl (C=O) groups is 2. The quantitative estimate of drug-likeness (QED) is 0.529. The van der Waals surface area contributed by atoms with E-state index in [1.807, 2.05) is 30.3 Å². The van der Waals surface area contributed by atoms with Gasteiger partial charge in [0.1, 0.15) is 6.04 Å². The molecule has 0 spiro atoms. The summed E-state index contributed by atoms with van der Waals surface area (Å²) in [5, 5.41) is 13.2. The summed E-state index contributed by atoms with van der Waals surface area (Å²) < 4.78 is 0. The van der Waals surface area contributed by atoms with Gasteiger partial charge in [-0.1, -0.05) is 18.2 Å². The van der Waals surface area contributed by atoms with Gasteiger partial charge in [0, 0.05) is 23.4 Å². The van der Waals surface area contributed by atoms with Crippen molar-refractivity contribution in [2.45, 2.75) is 6.04 Å². The summed E-state index contributed by atoms with van der Waals surface area (Å²) in [6.45, 7) is 0.404. The summed E-state index contributed by atoms with van der Waals surface area (Å²) in [5.41, 5.74) is 0.983. The van der Waals surface area contributed by atoms with Crippen molar-refractivity contribution in [3.05, 3.63) is 70.3 Å². The molecule has 7 nitrogen and oxygen atoms in total. The summed E-state index contributed by atoms with van der Waals surface area (Å²) in [6, 6.07) is 13.9. The third-order valence-corrected chi connectivity index (χ3v) is 3.64. The molecule has 1 aliphatic heterocycles. The Hall–Kier alpha value is -3.22. The van der Waals surface area contributed by atoms with Crippen LogP contribution in [0.1, 0.15) is 10.4 Å². The molecule has 2 aromatic carbocycles. The molecule has 0 unspecified atom stereocenters. The molecule has 1 atom stereocenters. The molecule has 0 saturated carbocycles. The number of para-hydroxylation sites is 1. The fourth-order valence-electron chi connectivity index (χ4n) is 2.35. The Morgan fingerprint density at radius 3 is 2.35 bits per heavy atom. The van der Waals surface area contributed by atoms with E-state index in [9.17, 15) is 19.7 Å². The van der Waals surface area contributed by atoms with E-state index in [-0.39, 0.29) is 17.2 Å². The van der Waals surface area contributed by atoms with E-state index >= 15 is 0 Å². The van der Waals surface area contributed by atoms with Crippen molar-refractivity contribution in [3.8, 4) is 0 Å². The number of nitrogens with one attached hydrogen (secondary N) is 1. The molecule has 0 radical (unpaired) electrons. The number of rotatable bonds is 4. The van der Waals surface area contributed by atoms with E-state index in [4.69, 9.17) is 0 Å². The van der Waals surface area contributed by atoms with Crippen LogP contribution in [0.3, 0.4) is 0 Å². The first-order valence-corrected chi connectivity index (χ1v) is 6.98. The van der Waals surface area contributed by atoms with Crippen molar-refractivity contribution in [3.63, 3.8) is 0 Å². The van der Waals surface area contributed by atoms with Gasteiger partial charge in [-0.25, -0.2) is 0 Å². The molecule has 1 aliphatic rings. The number of nitro benzene ring substituents is 1. The third kappa shape index (κ3) is 2.89. The van der Waals surface area contributed by atoms with Crippen molar-refractivity contribution >= 4 is 23.2 Å². The minimum absolute atomic E-state index is 0.0866. The molecule has 1 N–H and O–H groups in total. The highest BCUT2D eigenvalue weighted by molar-refractivity contribution is 6.07. The number of non-ortho nitro benzene ring substituents is 1. The van der Waals surface area contributed by atoms with Crippen LogP contribution in [0.5, 0.6) is 0 Å². The first-order valence-electron chi connectivity index (χ1n) is 6.98. The maximum atomic E-state index is 12.1. The van der Waals surface area contributed by atoms with Crippen LogP contribution in [0.15, 0.2) is 54.6 Å². The van der Waals surface area contributed by atoms with Gasteiger partial charge < -0.3 is 10.2 Å². The summed E-state index contributed by atoms with van der Waals surface area (Å²) in [6.07, 6.45) is 0. The molecule has 3 rings (SSSR count). The minimum atomic E-state index is -0.571. The van der Waals surface area contributed by atoms with Gasteiger partial charge in [-0.15, -0.1) is 0 Å². The largest absolute Gasteiger partial charge is 0.339 e. The fourth-order valence-corrected chi connectivity index (χ4v) is 2.35. The molecular weight excluding hydrogens is 298 g/mol. The second-order valence-electron chi connectivity index (χ2n) is 5.11. The van der Waals surface area contributed by atoms with Crippen molar-refractivity contribution in [1.82, 2.24) is 5.32 Å². The van der Waals surface area contributed by atoms with Gasteiger partial charge in [0.15, 0.2) is 0 Å². The molecule has 2 amide bonds. The lowest BCUT2D eigenvalue weighted by atomic mass is 10.1. The molecule has 116 valence electrons. The Kier molecular flexibility index (Phi) is 3.76. The fraction of sp³-hybridized carbons (Fsp3) is 0.125. The average Bonchev–Trinajstić information content (AvgIpc) is 2.58. The second-order valence-corrected chi connectivity index (χ2v) is 5.11. The highest BCUT2D eigenvalue weighted by Gasteiger charge is 2.38. The average molecular weight is 311 g/mol. The molecule has 0 aromatic heterocycles. The summed E-state index contributed by atoms with van der Waals surface area (Å²) in [7, 11) is 0. The lowest BCUT2D eigenvalue weighted by Gasteiger charge is -2.38. The Balaban J connectivity index is 1.61. The van der Waals surface area contributed by atoms with Crippen LogP contribution in [-0.2, 0) is 4.79 Å².